The summed E-state index contributed by atoms with van der Waals surface area (Å²) in [6, 6.07) is 4.07. The molecule has 0 bridgehead atoms. The highest BCUT2D eigenvalue weighted by Crippen LogP contribution is 1.94. The molecule has 1 heterocycles. The Balaban J connectivity index is 0.000000371. The van der Waals surface area contributed by atoms with Crippen molar-refractivity contribution in [3.8, 4) is 0 Å². The average molecular weight is 139 g/mol. The molecule has 1 N–H and O–H groups in total. The van der Waals surface area contributed by atoms with Crippen molar-refractivity contribution in [2.24, 2.45) is 0 Å². The van der Waals surface area contributed by atoms with Gasteiger partial charge in [-0.15, -0.1) is 0 Å². The molecule has 2 nitrogen and oxygen atoms in total. The van der Waals surface area contributed by atoms with Crippen molar-refractivity contribution >= 4 is 0 Å². The molecule has 56 valence electrons. The first-order valence-electron chi connectivity index (χ1n) is 3.13. The van der Waals surface area contributed by atoms with Crippen LogP contribution in [-0.4, -0.2) is 17.2 Å². The van der Waals surface area contributed by atoms with Crippen LogP contribution in [0.25, 0.3) is 0 Å². The summed E-state index contributed by atoms with van der Waals surface area (Å²) in [4.78, 5) is 4.08. The second kappa shape index (κ2) is 4.94. The second-order valence-corrected chi connectivity index (χ2v) is 1.98. The summed E-state index contributed by atoms with van der Waals surface area (Å²) in [5, 5.41) is 7.00. The molecule has 0 aromatic carbocycles. The zero-order chi connectivity index (χ0) is 7.98. The zero-order valence-electron chi connectivity index (χ0n) is 6.63. The number of pyridine rings is 1. The van der Waals surface area contributed by atoms with Crippen molar-refractivity contribution in [2.75, 3.05) is 7.11 Å². The van der Waals surface area contributed by atoms with Gasteiger partial charge < -0.3 is 5.11 Å². The fourth-order valence-corrected chi connectivity index (χ4v) is 0.542. The lowest BCUT2D eigenvalue weighted by atomic mass is 10.3. The van der Waals surface area contributed by atoms with Gasteiger partial charge in [-0.25, -0.2) is 0 Å². The van der Waals surface area contributed by atoms with Crippen molar-refractivity contribution in [2.45, 2.75) is 13.8 Å². The molecule has 0 atom stereocenters. The van der Waals surface area contributed by atoms with Gasteiger partial charge in [-0.1, -0.05) is 6.07 Å². The summed E-state index contributed by atoms with van der Waals surface area (Å²) in [6.07, 6.45) is 1.87. The third-order valence-corrected chi connectivity index (χ3v) is 1.06. The maximum atomic E-state index is 7.00. The molecule has 0 aliphatic heterocycles. The van der Waals surface area contributed by atoms with E-state index in [2.05, 4.69) is 11.1 Å². The van der Waals surface area contributed by atoms with Gasteiger partial charge in [0.1, 0.15) is 0 Å². The number of hydrogen-bond donors (Lipinski definition) is 1. The van der Waals surface area contributed by atoms with Gasteiger partial charge in [0.25, 0.3) is 0 Å². The van der Waals surface area contributed by atoms with Crippen LogP contribution in [0.2, 0.25) is 0 Å². The van der Waals surface area contributed by atoms with E-state index in [0.717, 1.165) is 12.8 Å². The maximum absolute atomic E-state index is 7.00. The smallest absolute Gasteiger partial charge is 0.0372 e. The van der Waals surface area contributed by atoms with E-state index in [4.69, 9.17) is 5.11 Å². The topological polar surface area (TPSA) is 33.1 Å². The molecular weight excluding hydrogens is 126 g/mol. The Labute approximate surface area is 61.5 Å². The molecule has 0 aliphatic carbocycles. The molecule has 10 heavy (non-hydrogen) atoms. The van der Waals surface area contributed by atoms with Gasteiger partial charge in [0.05, 0.1) is 0 Å². The SMILES string of the molecule is CO.Cc1ccc(C)nc1. The Bertz CT molecular complexity index is 148. The Morgan fingerprint density at radius 2 is 1.80 bits per heavy atom. The first-order valence-corrected chi connectivity index (χ1v) is 3.13. The summed E-state index contributed by atoms with van der Waals surface area (Å²) in [5.74, 6) is 0. The summed E-state index contributed by atoms with van der Waals surface area (Å²) >= 11 is 0. The Kier molecular flexibility index (Phi) is 4.50. The third-order valence-electron chi connectivity index (χ3n) is 1.06. The lowest BCUT2D eigenvalue weighted by Gasteiger charge is -1.89. The highest BCUT2D eigenvalue weighted by molar-refractivity contribution is 5.10. The molecule has 0 fully saturated rings. The van der Waals surface area contributed by atoms with Crippen LogP contribution < -0.4 is 0 Å². The van der Waals surface area contributed by atoms with Gasteiger partial charge >= 0.3 is 0 Å². The summed E-state index contributed by atoms with van der Waals surface area (Å²) < 4.78 is 0. The molecule has 0 spiro atoms. The van der Waals surface area contributed by atoms with Crippen LogP contribution in [-0.2, 0) is 0 Å². The molecule has 2 heteroatoms. The summed E-state index contributed by atoms with van der Waals surface area (Å²) in [7, 11) is 1.00. The largest absolute Gasteiger partial charge is 0.400 e. The van der Waals surface area contributed by atoms with E-state index in [1.54, 1.807) is 0 Å². The van der Waals surface area contributed by atoms with Gasteiger partial charge in [-0.2, -0.15) is 0 Å². The minimum atomic E-state index is 1.00. The third kappa shape index (κ3) is 3.20. The highest BCUT2D eigenvalue weighted by Gasteiger charge is 1.81. The molecule has 0 saturated heterocycles. The highest BCUT2D eigenvalue weighted by atomic mass is 16.2. The molecule has 0 radical (unpaired) electrons. The molecule has 1 rings (SSSR count). The van der Waals surface area contributed by atoms with E-state index >= 15 is 0 Å². The molecule has 1 aromatic rings. The minimum Gasteiger partial charge on any atom is -0.400 e. The molecule has 0 amide bonds. The van der Waals surface area contributed by atoms with Crippen LogP contribution in [0.3, 0.4) is 0 Å². The monoisotopic (exact) mass is 139 g/mol. The quantitative estimate of drug-likeness (QED) is 0.587. The van der Waals surface area contributed by atoms with E-state index in [-0.39, 0.29) is 0 Å². The van der Waals surface area contributed by atoms with Crippen LogP contribution in [0.5, 0.6) is 0 Å². The molecule has 0 unspecified atom stereocenters. The van der Waals surface area contributed by atoms with Crippen molar-refractivity contribution in [1.29, 1.82) is 0 Å². The molecule has 1 aromatic heterocycles. The lowest BCUT2D eigenvalue weighted by molar-refractivity contribution is 0.399. The number of aryl methyl sites for hydroxylation is 2. The van der Waals surface area contributed by atoms with E-state index in [0.29, 0.717) is 0 Å². The maximum Gasteiger partial charge on any atom is 0.0372 e. The van der Waals surface area contributed by atoms with Crippen LogP contribution >= 0.6 is 0 Å². The van der Waals surface area contributed by atoms with E-state index < -0.39 is 0 Å². The second-order valence-electron chi connectivity index (χ2n) is 1.98. The Morgan fingerprint density at radius 1 is 1.20 bits per heavy atom. The average Bonchev–Trinajstić information content (AvgIpc) is 2.00. The fraction of sp³-hybridized carbons (Fsp3) is 0.375. The summed E-state index contributed by atoms with van der Waals surface area (Å²) in [5.41, 5.74) is 2.30. The van der Waals surface area contributed by atoms with Gasteiger partial charge in [-0.3, -0.25) is 4.98 Å². The van der Waals surface area contributed by atoms with Crippen molar-refractivity contribution in [3.05, 3.63) is 29.6 Å². The normalized spacial score (nSPS) is 8.00. The predicted molar refractivity (Wildman–Crippen MR) is 41.9 cm³/mol. The molecular formula is C8H13NO. The molecule has 0 saturated carbocycles. The van der Waals surface area contributed by atoms with Crippen molar-refractivity contribution < 1.29 is 5.11 Å². The Morgan fingerprint density at radius 3 is 2.10 bits per heavy atom. The number of hydrogen-bond acceptors (Lipinski definition) is 2. The van der Waals surface area contributed by atoms with E-state index in [9.17, 15) is 0 Å². The van der Waals surface area contributed by atoms with Gasteiger partial charge in [0.15, 0.2) is 0 Å². The first-order chi connectivity index (χ1) is 4.79. The number of rotatable bonds is 0. The number of aliphatic hydroxyl groups excluding tert-OH is 1. The fourth-order valence-electron chi connectivity index (χ4n) is 0.542. The van der Waals surface area contributed by atoms with Crippen LogP contribution in [0.1, 0.15) is 11.3 Å². The van der Waals surface area contributed by atoms with Crippen LogP contribution in [0.15, 0.2) is 18.3 Å². The number of nitrogens with zero attached hydrogens (tertiary/aromatic N) is 1. The molecule has 0 aliphatic rings. The minimum absolute atomic E-state index is 1.00. The predicted octanol–water partition coefficient (Wildman–Crippen LogP) is 1.31. The summed E-state index contributed by atoms with van der Waals surface area (Å²) in [6.45, 7) is 4.02. The number of aliphatic hydroxyl groups is 1. The van der Waals surface area contributed by atoms with Crippen molar-refractivity contribution in [1.82, 2.24) is 4.98 Å². The number of aromatic nitrogens is 1. The lowest BCUT2D eigenvalue weighted by Crippen LogP contribution is -1.78. The van der Waals surface area contributed by atoms with Crippen molar-refractivity contribution in [3.63, 3.8) is 0 Å². The van der Waals surface area contributed by atoms with Crippen LogP contribution in [0.4, 0.5) is 0 Å². The Hall–Kier alpha value is -0.890. The van der Waals surface area contributed by atoms with Crippen LogP contribution in [0, 0.1) is 13.8 Å². The van der Waals surface area contributed by atoms with Gasteiger partial charge in [-0.05, 0) is 25.5 Å². The van der Waals surface area contributed by atoms with Gasteiger partial charge in [0.2, 0.25) is 0 Å². The van der Waals surface area contributed by atoms with Gasteiger partial charge in [0, 0.05) is 19.0 Å². The zero-order valence-corrected chi connectivity index (χ0v) is 6.63. The standard InChI is InChI=1S/C7H9N.CH4O/c1-6-3-4-7(2)8-5-6;1-2/h3-5H,1-2H3;2H,1H3. The first kappa shape index (κ1) is 9.11. The van der Waals surface area contributed by atoms with E-state index in [1.165, 1.54) is 5.56 Å². The van der Waals surface area contributed by atoms with E-state index in [1.807, 2.05) is 26.1 Å².